The molecule has 0 spiro atoms. The zero-order valence-electron chi connectivity index (χ0n) is 10.8. The predicted octanol–water partition coefficient (Wildman–Crippen LogP) is 2.42. The zero-order chi connectivity index (χ0) is 13.7. The zero-order valence-corrected chi connectivity index (χ0v) is 10.8. The first-order valence-corrected chi connectivity index (χ1v) is 5.81. The largest absolute Gasteiger partial charge is 0.340 e. The third-order valence-electron chi connectivity index (χ3n) is 2.53. The molecule has 0 aliphatic heterocycles. The highest BCUT2D eigenvalue weighted by atomic mass is 15.0. The van der Waals surface area contributed by atoms with Crippen LogP contribution < -0.4 is 0 Å². The lowest BCUT2D eigenvalue weighted by Crippen LogP contribution is -1.91. The van der Waals surface area contributed by atoms with Gasteiger partial charge in [-0.3, -0.25) is 15.0 Å². The van der Waals surface area contributed by atoms with E-state index < -0.39 is 0 Å². The quantitative estimate of drug-likeness (QED) is 0.607. The van der Waals surface area contributed by atoms with Crippen molar-refractivity contribution in [1.29, 1.82) is 0 Å². The third kappa shape index (κ3) is 2.82. The molecule has 2 aromatic rings. The van der Waals surface area contributed by atoms with E-state index in [2.05, 4.69) is 33.2 Å². The van der Waals surface area contributed by atoms with Crippen LogP contribution in [0.1, 0.15) is 5.56 Å². The molecule has 0 N–H and O–H groups in total. The Morgan fingerprint density at radius 2 is 2.26 bits per heavy atom. The highest BCUT2D eigenvalue weighted by Crippen LogP contribution is 2.28. The second-order valence-corrected chi connectivity index (χ2v) is 3.96. The lowest BCUT2D eigenvalue weighted by molar-refractivity contribution is 0.913. The standard InChI is InChI=1S/C14H15N5/c1-4-6-16-8-11-5-7-17-14(13(11)15-2)12-9-19(3)10-18-12/h4-5,7-10H,1-2,6H2,3H3/b16-8-. The van der Waals surface area contributed by atoms with Crippen molar-refractivity contribution in [2.24, 2.45) is 17.0 Å². The van der Waals surface area contributed by atoms with E-state index in [0.717, 1.165) is 11.3 Å². The predicted molar refractivity (Wildman–Crippen MR) is 78.3 cm³/mol. The van der Waals surface area contributed by atoms with Crippen molar-refractivity contribution in [3.63, 3.8) is 0 Å². The van der Waals surface area contributed by atoms with Crippen LogP contribution in [0.3, 0.4) is 0 Å². The maximum Gasteiger partial charge on any atom is 0.116 e. The number of hydrogen-bond donors (Lipinski definition) is 0. The van der Waals surface area contributed by atoms with Crippen LogP contribution >= 0.6 is 0 Å². The van der Waals surface area contributed by atoms with Gasteiger partial charge in [0.15, 0.2) is 0 Å². The molecule has 2 rings (SSSR count). The Morgan fingerprint density at radius 3 is 2.89 bits per heavy atom. The van der Waals surface area contributed by atoms with E-state index in [4.69, 9.17) is 0 Å². The molecule has 0 amide bonds. The van der Waals surface area contributed by atoms with E-state index >= 15 is 0 Å². The van der Waals surface area contributed by atoms with Crippen LogP contribution in [-0.2, 0) is 7.05 Å². The molecule has 5 nitrogen and oxygen atoms in total. The van der Waals surface area contributed by atoms with Crippen molar-refractivity contribution in [2.45, 2.75) is 0 Å². The number of aryl methyl sites for hydroxylation is 1. The van der Waals surface area contributed by atoms with Gasteiger partial charge in [0.1, 0.15) is 11.4 Å². The SMILES string of the molecule is C=CC/N=C\c1ccnc(-c2cn(C)cn2)c1N=C. The molecular formula is C14H15N5. The number of aliphatic imine (C=N–C) groups is 2. The Bertz CT molecular complexity index is 625. The Morgan fingerprint density at radius 1 is 1.42 bits per heavy atom. The lowest BCUT2D eigenvalue weighted by atomic mass is 10.1. The van der Waals surface area contributed by atoms with E-state index in [1.54, 1.807) is 24.8 Å². The van der Waals surface area contributed by atoms with Crippen LogP contribution in [-0.4, -0.2) is 34.0 Å². The van der Waals surface area contributed by atoms with Crippen molar-refractivity contribution in [3.05, 3.63) is 43.0 Å². The van der Waals surface area contributed by atoms with Gasteiger partial charge >= 0.3 is 0 Å². The van der Waals surface area contributed by atoms with E-state index in [1.165, 1.54) is 0 Å². The summed E-state index contributed by atoms with van der Waals surface area (Å²) < 4.78 is 1.86. The minimum absolute atomic E-state index is 0.567. The summed E-state index contributed by atoms with van der Waals surface area (Å²) in [5, 5.41) is 0. The van der Waals surface area contributed by atoms with Crippen molar-refractivity contribution >= 4 is 18.6 Å². The number of nitrogens with zero attached hydrogens (tertiary/aromatic N) is 5. The fraction of sp³-hybridized carbons (Fsp3) is 0.143. The number of aromatic nitrogens is 3. The first-order valence-electron chi connectivity index (χ1n) is 5.81. The molecule has 0 bridgehead atoms. The van der Waals surface area contributed by atoms with Gasteiger partial charge in [0.05, 0.1) is 18.6 Å². The van der Waals surface area contributed by atoms with Gasteiger partial charge < -0.3 is 4.57 Å². The monoisotopic (exact) mass is 253 g/mol. The maximum atomic E-state index is 4.33. The molecule has 19 heavy (non-hydrogen) atoms. The normalized spacial score (nSPS) is 10.8. The number of hydrogen-bond acceptors (Lipinski definition) is 4. The van der Waals surface area contributed by atoms with Crippen molar-refractivity contribution in [3.8, 4) is 11.4 Å². The summed E-state index contributed by atoms with van der Waals surface area (Å²) in [6.07, 6.45) is 8.82. The highest BCUT2D eigenvalue weighted by molar-refractivity contribution is 5.91. The molecule has 0 aliphatic carbocycles. The fourth-order valence-electron chi connectivity index (χ4n) is 1.69. The highest BCUT2D eigenvalue weighted by Gasteiger charge is 2.11. The molecule has 0 fully saturated rings. The Balaban J connectivity index is 2.47. The topological polar surface area (TPSA) is 55.4 Å². The molecule has 2 heterocycles. The second kappa shape index (κ2) is 5.86. The number of imidazole rings is 1. The number of rotatable bonds is 5. The van der Waals surface area contributed by atoms with E-state index in [9.17, 15) is 0 Å². The summed E-state index contributed by atoms with van der Waals surface area (Å²) in [6, 6.07) is 1.85. The molecule has 0 aromatic carbocycles. The van der Waals surface area contributed by atoms with E-state index in [1.807, 2.05) is 23.9 Å². The lowest BCUT2D eigenvalue weighted by Gasteiger charge is -2.04. The molecule has 96 valence electrons. The van der Waals surface area contributed by atoms with Crippen LogP contribution in [0, 0.1) is 0 Å². The summed E-state index contributed by atoms with van der Waals surface area (Å²) in [6.45, 7) is 7.80. The van der Waals surface area contributed by atoms with Crippen LogP contribution in [0.5, 0.6) is 0 Å². The first kappa shape index (κ1) is 12.9. The molecule has 0 atom stereocenters. The first-order chi connectivity index (χ1) is 9.26. The van der Waals surface area contributed by atoms with Gasteiger partial charge in [-0.05, 0) is 12.8 Å². The average molecular weight is 253 g/mol. The summed E-state index contributed by atoms with van der Waals surface area (Å²) in [7, 11) is 1.91. The molecule has 0 saturated heterocycles. The summed E-state index contributed by atoms with van der Waals surface area (Å²) in [5.41, 5.74) is 3.03. The van der Waals surface area contributed by atoms with Crippen LogP contribution in [0.2, 0.25) is 0 Å². The summed E-state index contributed by atoms with van der Waals surface area (Å²) in [4.78, 5) is 16.9. The summed E-state index contributed by atoms with van der Waals surface area (Å²) in [5.74, 6) is 0. The number of pyridine rings is 1. The summed E-state index contributed by atoms with van der Waals surface area (Å²) >= 11 is 0. The van der Waals surface area contributed by atoms with Crippen LogP contribution in [0.25, 0.3) is 11.4 Å². The Hall–Kier alpha value is -2.56. The fourth-order valence-corrected chi connectivity index (χ4v) is 1.69. The third-order valence-corrected chi connectivity index (χ3v) is 2.53. The van der Waals surface area contributed by atoms with Gasteiger partial charge in [-0.15, -0.1) is 6.58 Å². The Kier molecular flexibility index (Phi) is 3.97. The second-order valence-electron chi connectivity index (χ2n) is 3.96. The Labute approximate surface area is 112 Å². The molecule has 0 radical (unpaired) electrons. The van der Waals surface area contributed by atoms with Gasteiger partial charge in [0.2, 0.25) is 0 Å². The molecule has 0 unspecified atom stereocenters. The van der Waals surface area contributed by atoms with Gasteiger partial charge in [0, 0.05) is 31.2 Å². The minimum atomic E-state index is 0.567. The molecule has 0 saturated carbocycles. The van der Waals surface area contributed by atoms with Crippen molar-refractivity contribution in [1.82, 2.24) is 14.5 Å². The van der Waals surface area contributed by atoms with E-state index in [-0.39, 0.29) is 0 Å². The molecule has 5 heteroatoms. The van der Waals surface area contributed by atoms with Crippen LogP contribution in [0.15, 0.2) is 47.4 Å². The van der Waals surface area contributed by atoms with Gasteiger partial charge in [0.25, 0.3) is 0 Å². The minimum Gasteiger partial charge on any atom is -0.340 e. The molecule has 2 aromatic heterocycles. The molecule has 0 aliphatic rings. The molecular weight excluding hydrogens is 238 g/mol. The smallest absolute Gasteiger partial charge is 0.116 e. The average Bonchev–Trinajstić information content (AvgIpc) is 2.85. The maximum absolute atomic E-state index is 4.33. The van der Waals surface area contributed by atoms with Gasteiger partial charge in [-0.2, -0.15) is 0 Å². The van der Waals surface area contributed by atoms with Gasteiger partial charge in [-0.1, -0.05) is 6.08 Å². The van der Waals surface area contributed by atoms with Gasteiger partial charge in [-0.25, -0.2) is 4.98 Å². The van der Waals surface area contributed by atoms with E-state index in [0.29, 0.717) is 17.9 Å². The van der Waals surface area contributed by atoms with Crippen LogP contribution in [0.4, 0.5) is 5.69 Å². The van der Waals surface area contributed by atoms with Crippen molar-refractivity contribution in [2.75, 3.05) is 6.54 Å². The van der Waals surface area contributed by atoms with Crippen molar-refractivity contribution < 1.29 is 0 Å².